The maximum atomic E-state index is 12.7. The van der Waals surface area contributed by atoms with Gasteiger partial charge in [-0.15, -0.1) is 10.2 Å². The minimum Gasteiger partial charge on any atom is -0.411 e. The van der Waals surface area contributed by atoms with Gasteiger partial charge in [-0.25, -0.2) is 0 Å². The van der Waals surface area contributed by atoms with E-state index in [-0.39, 0.29) is 11.2 Å². The number of hydrogen-bond acceptors (Lipinski definition) is 5. The van der Waals surface area contributed by atoms with Gasteiger partial charge in [-0.05, 0) is 55.2 Å². The second-order valence-corrected chi connectivity index (χ2v) is 8.25. The number of rotatable bonds is 7. The second-order valence-electron chi connectivity index (χ2n) is 6.53. The van der Waals surface area contributed by atoms with E-state index < -0.39 is 0 Å². The van der Waals surface area contributed by atoms with Crippen LogP contribution >= 0.6 is 23.4 Å². The quantitative estimate of drug-likeness (QED) is 0.477. The third-order valence-corrected chi connectivity index (χ3v) is 5.69. The molecular formula is C21H22ClN3O2S. The third kappa shape index (κ3) is 4.94. The van der Waals surface area contributed by atoms with E-state index in [4.69, 9.17) is 16.0 Å². The maximum absolute atomic E-state index is 12.7. The highest BCUT2D eigenvalue weighted by Crippen LogP contribution is 2.29. The average Bonchev–Trinajstić information content (AvgIpc) is 3.16. The molecule has 0 aliphatic rings. The van der Waals surface area contributed by atoms with Crippen molar-refractivity contribution in [1.29, 1.82) is 0 Å². The van der Waals surface area contributed by atoms with Crippen LogP contribution in [0.5, 0.6) is 0 Å². The average molecular weight is 416 g/mol. The van der Waals surface area contributed by atoms with E-state index in [1.807, 2.05) is 37.3 Å². The number of carbonyl (C=O) groups excluding carboxylic acids is 1. The Bertz CT molecular complexity index is 943. The van der Waals surface area contributed by atoms with Crippen molar-refractivity contribution in [1.82, 2.24) is 10.2 Å². The first-order valence-electron chi connectivity index (χ1n) is 9.13. The summed E-state index contributed by atoms with van der Waals surface area (Å²) < 4.78 is 5.68. The number of amides is 1. The summed E-state index contributed by atoms with van der Waals surface area (Å²) in [7, 11) is 0. The molecule has 1 aromatic heterocycles. The minimum atomic E-state index is -0.386. The lowest BCUT2D eigenvalue weighted by Crippen LogP contribution is -2.23. The van der Waals surface area contributed by atoms with Crippen molar-refractivity contribution in [3.05, 3.63) is 59.1 Å². The largest absolute Gasteiger partial charge is 0.411 e. The first kappa shape index (κ1) is 20.4. The summed E-state index contributed by atoms with van der Waals surface area (Å²) in [4.78, 5) is 12.7. The summed E-state index contributed by atoms with van der Waals surface area (Å²) in [5.41, 5.74) is 2.77. The molecule has 7 heteroatoms. The van der Waals surface area contributed by atoms with E-state index in [0.29, 0.717) is 22.1 Å². The van der Waals surface area contributed by atoms with Crippen molar-refractivity contribution in [2.75, 3.05) is 5.32 Å². The summed E-state index contributed by atoms with van der Waals surface area (Å²) in [6, 6.07) is 15.1. The Kier molecular flexibility index (Phi) is 6.75. The summed E-state index contributed by atoms with van der Waals surface area (Å²) in [5.74, 6) is 0.665. The number of nitrogens with zero attached hydrogens (tertiary/aromatic N) is 2. The van der Waals surface area contributed by atoms with Gasteiger partial charge in [0.05, 0.1) is 5.25 Å². The summed E-state index contributed by atoms with van der Waals surface area (Å²) in [6.07, 6.45) is 1.01. The van der Waals surface area contributed by atoms with Crippen LogP contribution in [0.1, 0.15) is 38.7 Å². The molecule has 3 rings (SSSR count). The predicted molar refractivity (Wildman–Crippen MR) is 114 cm³/mol. The number of halogens is 1. The fourth-order valence-corrected chi connectivity index (χ4v) is 3.48. The van der Waals surface area contributed by atoms with Crippen LogP contribution in [0.2, 0.25) is 5.02 Å². The highest BCUT2D eigenvalue weighted by molar-refractivity contribution is 8.00. The van der Waals surface area contributed by atoms with Crippen molar-refractivity contribution in [3.63, 3.8) is 0 Å². The molecule has 2 aromatic carbocycles. The van der Waals surface area contributed by atoms with E-state index in [1.165, 1.54) is 11.8 Å². The van der Waals surface area contributed by atoms with Gasteiger partial charge in [0.1, 0.15) is 0 Å². The van der Waals surface area contributed by atoms with Gasteiger partial charge in [0.15, 0.2) is 0 Å². The second kappa shape index (κ2) is 9.26. The lowest BCUT2D eigenvalue weighted by molar-refractivity contribution is -0.115. The fourth-order valence-electron chi connectivity index (χ4n) is 2.67. The number of carbonyl (C=O) groups is 1. The van der Waals surface area contributed by atoms with Crippen molar-refractivity contribution in [3.8, 4) is 11.5 Å². The normalized spacial score (nSPS) is 13.1. The van der Waals surface area contributed by atoms with Crippen LogP contribution in [0.3, 0.4) is 0 Å². The van der Waals surface area contributed by atoms with Gasteiger partial charge in [0, 0.05) is 16.3 Å². The molecule has 0 aliphatic heterocycles. The molecule has 0 unspecified atom stereocenters. The molecule has 1 amide bonds. The molecule has 0 radical (unpaired) electrons. The molecular weight excluding hydrogens is 394 g/mol. The third-order valence-electron chi connectivity index (χ3n) is 4.51. The molecule has 0 spiro atoms. The van der Waals surface area contributed by atoms with Gasteiger partial charge >= 0.3 is 0 Å². The molecule has 0 saturated heterocycles. The van der Waals surface area contributed by atoms with Gasteiger partial charge in [0.2, 0.25) is 11.8 Å². The molecule has 28 heavy (non-hydrogen) atoms. The van der Waals surface area contributed by atoms with Crippen LogP contribution in [0, 0.1) is 0 Å². The van der Waals surface area contributed by atoms with Crippen LogP contribution in [0.4, 0.5) is 5.69 Å². The van der Waals surface area contributed by atoms with Crippen LogP contribution in [-0.2, 0) is 4.79 Å². The molecule has 3 aromatic rings. The van der Waals surface area contributed by atoms with Crippen LogP contribution < -0.4 is 5.32 Å². The Labute approximate surface area is 173 Å². The number of nitrogens with one attached hydrogen (secondary N) is 1. The molecule has 5 nitrogen and oxygen atoms in total. The SMILES string of the molecule is CC[C@@H](C)c1ccccc1NC(=O)[C@H](C)Sc1nnc(-c2ccc(Cl)cc2)o1. The topological polar surface area (TPSA) is 68.0 Å². The molecule has 0 bridgehead atoms. The predicted octanol–water partition coefficient (Wildman–Crippen LogP) is 6.02. The van der Waals surface area contributed by atoms with Crippen molar-refractivity contribution >= 4 is 35.0 Å². The highest BCUT2D eigenvalue weighted by Gasteiger charge is 2.20. The Hall–Kier alpha value is -2.31. The molecule has 0 fully saturated rings. The number of para-hydroxylation sites is 1. The van der Waals surface area contributed by atoms with E-state index in [0.717, 1.165) is 23.2 Å². The van der Waals surface area contributed by atoms with E-state index in [1.54, 1.807) is 12.1 Å². The number of anilines is 1. The molecule has 0 saturated carbocycles. The Morgan fingerprint density at radius 3 is 2.57 bits per heavy atom. The zero-order chi connectivity index (χ0) is 20.1. The highest BCUT2D eigenvalue weighted by atomic mass is 35.5. The van der Waals surface area contributed by atoms with Crippen molar-refractivity contribution < 1.29 is 9.21 Å². The Morgan fingerprint density at radius 1 is 1.14 bits per heavy atom. The molecule has 0 aliphatic carbocycles. The summed E-state index contributed by atoms with van der Waals surface area (Å²) in [5, 5.41) is 11.7. The number of aromatic nitrogens is 2. The van der Waals surface area contributed by atoms with E-state index in [2.05, 4.69) is 35.4 Å². The van der Waals surface area contributed by atoms with Crippen molar-refractivity contribution in [2.45, 2.75) is 43.6 Å². The first-order valence-corrected chi connectivity index (χ1v) is 10.4. The number of thioether (sulfide) groups is 1. The van der Waals surface area contributed by atoms with Gasteiger partial charge < -0.3 is 9.73 Å². The fraction of sp³-hybridized carbons (Fsp3) is 0.286. The number of benzene rings is 2. The molecule has 2 atom stereocenters. The first-order chi connectivity index (χ1) is 13.5. The van der Waals surface area contributed by atoms with Crippen molar-refractivity contribution in [2.24, 2.45) is 0 Å². The smallest absolute Gasteiger partial charge is 0.277 e. The van der Waals surface area contributed by atoms with Gasteiger partial charge in [-0.1, -0.05) is 55.4 Å². The lowest BCUT2D eigenvalue weighted by atomic mass is 9.97. The van der Waals surface area contributed by atoms with Crippen LogP contribution in [-0.4, -0.2) is 21.4 Å². The Balaban J connectivity index is 1.66. The summed E-state index contributed by atoms with van der Waals surface area (Å²) >= 11 is 7.13. The molecule has 1 N–H and O–H groups in total. The van der Waals surface area contributed by atoms with Crippen LogP contribution in [0.25, 0.3) is 11.5 Å². The van der Waals surface area contributed by atoms with Gasteiger partial charge in [-0.3, -0.25) is 4.79 Å². The van der Waals surface area contributed by atoms with E-state index in [9.17, 15) is 4.79 Å². The monoisotopic (exact) mass is 415 g/mol. The summed E-state index contributed by atoms with van der Waals surface area (Å²) in [6.45, 7) is 6.10. The van der Waals surface area contributed by atoms with Crippen LogP contribution in [0.15, 0.2) is 58.2 Å². The lowest BCUT2D eigenvalue weighted by Gasteiger charge is -2.17. The number of hydrogen-bond donors (Lipinski definition) is 1. The standard InChI is InChI=1S/C21H22ClN3O2S/c1-4-13(2)17-7-5-6-8-18(17)23-19(26)14(3)28-21-25-24-20(27-21)15-9-11-16(22)12-10-15/h5-14H,4H2,1-3H3,(H,23,26)/t13-,14+/m1/s1. The zero-order valence-electron chi connectivity index (χ0n) is 16.0. The Morgan fingerprint density at radius 2 is 1.86 bits per heavy atom. The van der Waals surface area contributed by atoms with Gasteiger partial charge in [-0.2, -0.15) is 0 Å². The minimum absolute atomic E-state index is 0.105. The van der Waals surface area contributed by atoms with E-state index >= 15 is 0 Å². The maximum Gasteiger partial charge on any atom is 0.277 e. The molecule has 1 heterocycles. The molecule has 146 valence electrons. The zero-order valence-corrected chi connectivity index (χ0v) is 17.6. The van der Waals surface area contributed by atoms with Gasteiger partial charge in [0.25, 0.3) is 5.22 Å².